The molecule has 0 unspecified atom stereocenters. The van der Waals surface area contributed by atoms with Crippen LogP contribution in [0.5, 0.6) is 0 Å². The van der Waals surface area contributed by atoms with Gasteiger partial charge in [-0.15, -0.1) is 11.3 Å². The minimum atomic E-state index is -1.84. The van der Waals surface area contributed by atoms with Crippen LogP contribution in [0.15, 0.2) is 66.0 Å². The molecule has 2 amide bonds. The topological polar surface area (TPSA) is 93.1 Å². The van der Waals surface area contributed by atoms with Crippen LogP contribution in [-0.4, -0.2) is 65.3 Å². The number of nitrogens with zero attached hydrogens (tertiary/aromatic N) is 2. The number of aliphatic hydroxyl groups excluding tert-OH is 2. The first-order chi connectivity index (χ1) is 17.4. The second kappa shape index (κ2) is 12.4. The molecule has 9 heteroatoms. The molecule has 0 spiro atoms. The number of aryl methyl sites for hydroxylation is 2. The highest BCUT2D eigenvalue weighted by Gasteiger charge is 2.34. The van der Waals surface area contributed by atoms with E-state index in [1.54, 1.807) is 0 Å². The van der Waals surface area contributed by atoms with Gasteiger partial charge in [0.25, 0.3) is 11.8 Å². The number of halogens is 1. The number of hydrogen-bond donors (Lipinski definition) is 3. The van der Waals surface area contributed by atoms with Crippen molar-refractivity contribution in [2.45, 2.75) is 31.6 Å². The van der Waals surface area contributed by atoms with Crippen molar-refractivity contribution >= 4 is 40.4 Å². The molecule has 0 aliphatic carbocycles. The summed E-state index contributed by atoms with van der Waals surface area (Å²) in [4.78, 5) is 29.6. The van der Waals surface area contributed by atoms with E-state index in [-0.39, 0.29) is 6.54 Å². The van der Waals surface area contributed by atoms with Crippen molar-refractivity contribution in [1.29, 1.82) is 0 Å². The molecular weight excluding hydrogens is 498 g/mol. The molecule has 0 radical (unpaired) electrons. The van der Waals surface area contributed by atoms with Crippen LogP contribution in [0.3, 0.4) is 0 Å². The molecular formula is C27H30ClN3O4S. The summed E-state index contributed by atoms with van der Waals surface area (Å²) in [6, 6.07) is 19.8. The van der Waals surface area contributed by atoms with Gasteiger partial charge in [-0.2, -0.15) is 0 Å². The van der Waals surface area contributed by atoms with Crippen molar-refractivity contribution in [2.24, 2.45) is 0 Å². The first-order valence-electron chi connectivity index (χ1n) is 11.9. The molecule has 2 heterocycles. The van der Waals surface area contributed by atoms with Gasteiger partial charge in [-0.3, -0.25) is 9.59 Å². The summed E-state index contributed by atoms with van der Waals surface area (Å²) in [5.41, 5.74) is 3.34. The summed E-state index contributed by atoms with van der Waals surface area (Å²) in [6.45, 7) is 2.01. The van der Waals surface area contributed by atoms with Crippen LogP contribution in [0.25, 0.3) is 0 Å². The average molecular weight is 528 g/mol. The van der Waals surface area contributed by atoms with Crippen LogP contribution >= 0.6 is 22.9 Å². The number of para-hydroxylation sites is 1. The lowest BCUT2D eigenvalue weighted by Crippen LogP contribution is -2.55. The van der Waals surface area contributed by atoms with E-state index in [1.165, 1.54) is 27.4 Å². The van der Waals surface area contributed by atoms with E-state index in [0.29, 0.717) is 31.2 Å². The predicted molar refractivity (Wildman–Crippen MR) is 142 cm³/mol. The van der Waals surface area contributed by atoms with Gasteiger partial charge in [-0.25, -0.2) is 0 Å². The van der Waals surface area contributed by atoms with Crippen molar-refractivity contribution in [3.63, 3.8) is 0 Å². The molecule has 7 nitrogen and oxygen atoms in total. The van der Waals surface area contributed by atoms with E-state index in [0.717, 1.165) is 23.4 Å². The van der Waals surface area contributed by atoms with E-state index in [1.807, 2.05) is 48.5 Å². The number of amides is 2. The van der Waals surface area contributed by atoms with Gasteiger partial charge in [0, 0.05) is 31.1 Å². The van der Waals surface area contributed by atoms with E-state index in [9.17, 15) is 19.8 Å². The van der Waals surface area contributed by atoms with Gasteiger partial charge in [0.05, 0.1) is 17.3 Å². The number of nitrogens with one attached hydrogen (secondary N) is 1. The van der Waals surface area contributed by atoms with E-state index in [4.69, 9.17) is 11.6 Å². The van der Waals surface area contributed by atoms with Crippen LogP contribution in [0.2, 0.25) is 5.02 Å². The summed E-state index contributed by atoms with van der Waals surface area (Å²) in [5, 5.41) is 26.0. The Labute approximate surface area is 219 Å². The monoisotopic (exact) mass is 527 g/mol. The third kappa shape index (κ3) is 6.64. The molecule has 36 heavy (non-hydrogen) atoms. The number of benzene rings is 2. The molecule has 190 valence electrons. The third-order valence-corrected chi connectivity index (χ3v) is 7.60. The van der Waals surface area contributed by atoms with Crippen LogP contribution in [0.1, 0.15) is 16.0 Å². The number of aliphatic hydroxyl groups is 2. The van der Waals surface area contributed by atoms with Gasteiger partial charge < -0.3 is 25.3 Å². The Morgan fingerprint density at radius 3 is 2.31 bits per heavy atom. The average Bonchev–Trinajstić information content (AvgIpc) is 3.38. The second-order valence-electron chi connectivity index (χ2n) is 8.78. The normalized spacial score (nSPS) is 15.4. The Morgan fingerprint density at radius 2 is 1.58 bits per heavy atom. The Hall–Kier alpha value is -2.91. The number of anilines is 1. The molecule has 2 aromatic carbocycles. The number of piperazine rings is 1. The maximum atomic E-state index is 12.7. The van der Waals surface area contributed by atoms with Crippen molar-refractivity contribution in [3.8, 4) is 0 Å². The van der Waals surface area contributed by atoms with Crippen LogP contribution < -0.4 is 10.2 Å². The Morgan fingerprint density at radius 1 is 0.917 bits per heavy atom. The lowest BCUT2D eigenvalue weighted by Gasteiger charge is -2.37. The Kier molecular flexibility index (Phi) is 8.98. The largest absolute Gasteiger partial charge is 0.380 e. The molecule has 3 aromatic rings. The molecule has 0 bridgehead atoms. The van der Waals surface area contributed by atoms with E-state index in [2.05, 4.69) is 27.7 Å². The Balaban J connectivity index is 1.22. The Bertz CT molecular complexity index is 1160. The maximum absolute atomic E-state index is 12.7. The number of carbonyl (C=O) groups is 2. The fraction of sp³-hybridized carbons (Fsp3) is 0.333. The summed E-state index contributed by atoms with van der Waals surface area (Å²) in [5.74, 6) is -1.43. The predicted octanol–water partition coefficient (Wildman–Crippen LogP) is 2.87. The third-order valence-electron chi connectivity index (χ3n) is 6.30. The van der Waals surface area contributed by atoms with Crippen LogP contribution in [-0.2, 0) is 29.0 Å². The fourth-order valence-corrected chi connectivity index (χ4v) is 5.32. The van der Waals surface area contributed by atoms with Gasteiger partial charge in [0.1, 0.15) is 0 Å². The molecule has 0 saturated carbocycles. The molecule has 1 aliphatic heterocycles. The standard InChI is InChI=1S/C27H30ClN3O4S/c28-22-8-4-5-9-23(22)30-12-14-31(15-13-30)27(35)25(33)24(32)26(34)29-17-21-16-20(18-36-21)11-10-19-6-2-1-3-7-19/h1-9,16,18,24-25,32-33H,10-15,17H2,(H,29,34)/t24-,25-/m1/s1. The number of rotatable bonds is 9. The highest BCUT2D eigenvalue weighted by Crippen LogP contribution is 2.26. The summed E-state index contributed by atoms with van der Waals surface area (Å²) < 4.78 is 0. The highest BCUT2D eigenvalue weighted by molar-refractivity contribution is 7.10. The zero-order valence-corrected chi connectivity index (χ0v) is 21.4. The number of thiophene rings is 1. The van der Waals surface area contributed by atoms with Gasteiger partial charge in [0.15, 0.2) is 12.2 Å². The van der Waals surface area contributed by atoms with Gasteiger partial charge in [-0.1, -0.05) is 54.1 Å². The number of carbonyl (C=O) groups excluding carboxylic acids is 2. The summed E-state index contributed by atoms with van der Waals surface area (Å²) in [6.07, 6.45) is -1.82. The lowest BCUT2D eigenvalue weighted by atomic mass is 10.1. The first kappa shape index (κ1) is 26.2. The van der Waals surface area contributed by atoms with Crippen LogP contribution in [0.4, 0.5) is 5.69 Å². The van der Waals surface area contributed by atoms with Gasteiger partial charge in [0.2, 0.25) is 0 Å². The molecule has 1 saturated heterocycles. The van der Waals surface area contributed by atoms with Crippen molar-refractivity contribution in [2.75, 3.05) is 31.1 Å². The molecule has 1 aliphatic rings. The van der Waals surface area contributed by atoms with Crippen molar-refractivity contribution in [1.82, 2.24) is 10.2 Å². The maximum Gasteiger partial charge on any atom is 0.254 e. The van der Waals surface area contributed by atoms with Crippen LogP contribution in [0, 0.1) is 0 Å². The number of hydrogen-bond acceptors (Lipinski definition) is 6. The van der Waals surface area contributed by atoms with Crippen molar-refractivity contribution < 1.29 is 19.8 Å². The van der Waals surface area contributed by atoms with Gasteiger partial charge in [-0.05, 0) is 47.5 Å². The molecule has 1 fully saturated rings. The molecule has 1 aromatic heterocycles. The highest BCUT2D eigenvalue weighted by atomic mass is 35.5. The fourth-order valence-electron chi connectivity index (χ4n) is 4.20. The lowest BCUT2D eigenvalue weighted by molar-refractivity contribution is -0.153. The van der Waals surface area contributed by atoms with E-state index < -0.39 is 24.0 Å². The molecule has 2 atom stereocenters. The molecule has 3 N–H and O–H groups in total. The zero-order chi connectivity index (χ0) is 25.5. The zero-order valence-electron chi connectivity index (χ0n) is 19.8. The minimum Gasteiger partial charge on any atom is -0.380 e. The first-order valence-corrected chi connectivity index (χ1v) is 13.2. The van der Waals surface area contributed by atoms with Crippen molar-refractivity contribution in [3.05, 3.63) is 87.1 Å². The second-order valence-corrected chi connectivity index (χ2v) is 10.2. The quantitative estimate of drug-likeness (QED) is 0.398. The van der Waals surface area contributed by atoms with Gasteiger partial charge >= 0.3 is 0 Å². The smallest absolute Gasteiger partial charge is 0.254 e. The summed E-state index contributed by atoms with van der Waals surface area (Å²) >= 11 is 7.79. The summed E-state index contributed by atoms with van der Waals surface area (Å²) in [7, 11) is 0. The SMILES string of the molecule is O=C(NCc1cc(CCc2ccccc2)cs1)[C@H](O)[C@@H](O)C(=O)N1CCN(c2ccccc2Cl)CC1. The molecule has 4 rings (SSSR count). The minimum absolute atomic E-state index is 0.226. The van der Waals surface area contributed by atoms with E-state index >= 15 is 0 Å².